The van der Waals surface area contributed by atoms with Gasteiger partial charge in [-0.05, 0) is 37.5 Å². The third kappa shape index (κ3) is 8.46. The summed E-state index contributed by atoms with van der Waals surface area (Å²) in [4.78, 5) is 25.4. The summed E-state index contributed by atoms with van der Waals surface area (Å²) in [7, 11) is 0. The molecule has 0 fully saturated rings. The molecule has 0 saturated carbocycles. The highest BCUT2D eigenvalue weighted by molar-refractivity contribution is 5.77. The Labute approximate surface area is 186 Å². The summed E-state index contributed by atoms with van der Waals surface area (Å²) in [5.41, 5.74) is -1.82. The van der Waals surface area contributed by atoms with E-state index in [0.717, 1.165) is 6.42 Å². The van der Waals surface area contributed by atoms with Gasteiger partial charge in [0, 0.05) is 0 Å². The van der Waals surface area contributed by atoms with Gasteiger partial charge in [-0.3, -0.25) is 9.59 Å². The third-order valence-corrected chi connectivity index (χ3v) is 6.13. The highest BCUT2D eigenvalue weighted by Crippen LogP contribution is 2.39. The average molecular weight is 479 g/mol. The number of hydrogen-bond acceptors (Lipinski definition) is 4. The second-order valence-electron chi connectivity index (χ2n) is 9.52. The Balaban J connectivity index is 5.84. The summed E-state index contributed by atoms with van der Waals surface area (Å²) in [6, 6.07) is 0. The van der Waals surface area contributed by atoms with Crippen LogP contribution in [0.2, 0.25) is 0 Å². The number of halogens is 6. The van der Waals surface area contributed by atoms with Crippen molar-refractivity contribution < 1.29 is 45.4 Å². The molecule has 0 aromatic carbocycles. The minimum absolute atomic E-state index is 0.00294. The van der Waals surface area contributed by atoms with E-state index < -0.39 is 47.8 Å². The lowest BCUT2D eigenvalue weighted by molar-refractivity contribution is -0.315. The fourth-order valence-electron chi connectivity index (χ4n) is 3.39. The van der Waals surface area contributed by atoms with Crippen molar-refractivity contribution in [1.82, 2.24) is 0 Å². The van der Waals surface area contributed by atoms with Crippen LogP contribution in [0.1, 0.15) is 81.1 Å². The standard InChI is InChI=1S/C22H36F6O4/c1-9-15(17(30)31-18(21(23,24)25)22(26,27)28)20(8,11-3)32-16(29)14(13(4)5)12-19(6,7)10-2/h13-15,18H,9-12H2,1-8H3. The Kier molecular flexibility index (Phi) is 10.6. The summed E-state index contributed by atoms with van der Waals surface area (Å²) < 4.78 is 86.5. The zero-order chi connectivity index (χ0) is 25.7. The molecule has 0 aromatic rings. The van der Waals surface area contributed by atoms with Crippen LogP contribution < -0.4 is 0 Å². The number of alkyl halides is 6. The van der Waals surface area contributed by atoms with Crippen molar-refractivity contribution in [2.75, 3.05) is 0 Å². The van der Waals surface area contributed by atoms with E-state index >= 15 is 0 Å². The van der Waals surface area contributed by atoms with Crippen LogP contribution in [0, 0.1) is 23.2 Å². The molecule has 0 rings (SSSR count). The molecular weight excluding hydrogens is 442 g/mol. The summed E-state index contributed by atoms with van der Waals surface area (Å²) in [5, 5.41) is 0. The minimum atomic E-state index is -5.82. The number of hydrogen-bond donors (Lipinski definition) is 0. The number of carbonyl (C=O) groups excluding carboxylic acids is 2. The predicted molar refractivity (Wildman–Crippen MR) is 108 cm³/mol. The fourth-order valence-corrected chi connectivity index (χ4v) is 3.39. The van der Waals surface area contributed by atoms with Crippen LogP contribution in [-0.4, -0.2) is 36.0 Å². The maximum absolute atomic E-state index is 13.0. The molecule has 3 atom stereocenters. The average Bonchev–Trinajstić information content (AvgIpc) is 2.62. The van der Waals surface area contributed by atoms with Crippen molar-refractivity contribution in [3.8, 4) is 0 Å². The van der Waals surface area contributed by atoms with Gasteiger partial charge in [0.15, 0.2) is 0 Å². The second-order valence-corrected chi connectivity index (χ2v) is 9.52. The van der Waals surface area contributed by atoms with E-state index in [1.807, 2.05) is 34.6 Å². The quantitative estimate of drug-likeness (QED) is 0.240. The molecule has 4 nitrogen and oxygen atoms in total. The van der Waals surface area contributed by atoms with Gasteiger partial charge in [0.05, 0.1) is 11.8 Å². The monoisotopic (exact) mass is 478 g/mol. The second kappa shape index (κ2) is 11.1. The van der Waals surface area contributed by atoms with Gasteiger partial charge < -0.3 is 9.47 Å². The van der Waals surface area contributed by atoms with Crippen molar-refractivity contribution in [1.29, 1.82) is 0 Å². The van der Waals surface area contributed by atoms with E-state index in [0.29, 0.717) is 6.42 Å². The molecule has 0 amide bonds. The van der Waals surface area contributed by atoms with Gasteiger partial charge in [0.25, 0.3) is 6.10 Å². The van der Waals surface area contributed by atoms with Crippen molar-refractivity contribution in [3.05, 3.63) is 0 Å². The van der Waals surface area contributed by atoms with Crippen LogP contribution in [0.4, 0.5) is 26.3 Å². The lowest BCUT2D eigenvalue weighted by atomic mass is 9.76. The molecule has 0 aliphatic carbocycles. The number of carbonyl (C=O) groups is 2. The van der Waals surface area contributed by atoms with Gasteiger partial charge in [0.2, 0.25) is 0 Å². The van der Waals surface area contributed by atoms with E-state index in [9.17, 15) is 35.9 Å². The van der Waals surface area contributed by atoms with Gasteiger partial charge in [-0.25, -0.2) is 0 Å². The van der Waals surface area contributed by atoms with Crippen LogP contribution in [0.3, 0.4) is 0 Å². The zero-order valence-electron chi connectivity index (χ0n) is 20.0. The predicted octanol–water partition coefficient (Wildman–Crippen LogP) is 6.86. The van der Waals surface area contributed by atoms with Crippen LogP contribution in [0.25, 0.3) is 0 Å². The van der Waals surface area contributed by atoms with Gasteiger partial charge in [0.1, 0.15) is 5.60 Å². The Bertz CT molecular complexity index is 613. The van der Waals surface area contributed by atoms with Gasteiger partial charge in [-0.15, -0.1) is 0 Å². The smallest absolute Gasteiger partial charge is 0.434 e. The summed E-state index contributed by atoms with van der Waals surface area (Å²) in [5.74, 6) is -4.53. The molecule has 3 unspecified atom stereocenters. The molecule has 0 radical (unpaired) electrons. The maximum atomic E-state index is 13.0. The molecule has 0 aliphatic rings. The molecule has 0 spiro atoms. The molecule has 0 bridgehead atoms. The number of ether oxygens (including phenoxy) is 2. The summed E-state index contributed by atoms with van der Waals surface area (Å²) >= 11 is 0. The molecule has 0 N–H and O–H groups in total. The highest BCUT2D eigenvalue weighted by atomic mass is 19.4. The highest BCUT2D eigenvalue weighted by Gasteiger charge is 2.60. The van der Waals surface area contributed by atoms with Crippen molar-refractivity contribution in [2.45, 2.75) is 105 Å². The lowest BCUT2D eigenvalue weighted by Crippen LogP contribution is -2.50. The normalized spacial score (nSPS) is 17.1. The Morgan fingerprint density at radius 2 is 1.28 bits per heavy atom. The molecule has 10 heteroatoms. The van der Waals surface area contributed by atoms with E-state index in [1.165, 1.54) is 20.8 Å². The van der Waals surface area contributed by atoms with Crippen molar-refractivity contribution in [3.63, 3.8) is 0 Å². The lowest BCUT2D eigenvalue weighted by Gasteiger charge is -2.38. The molecule has 190 valence electrons. The number of esters is 2. The third-order valence-electron chi connectivity index (χ3n) is 6.13. The minimum Gasteiger partial charge on any atom is -0.458 e. The molecule has 0 aliphatic heterocycles. The van der Waals surface area contributed by atoms with E-state index in [1.54, 1.807) is 0 Å². The molecular formula is C22H36F6O4. The fraction of sp³-hybridized carbons (Fsp3) is 0.909. The van der Waals surface area contributed by atoms with Gasteiger partial charge >= 0.3 is 24.3 Å². The van der Waals surface area contributed by atoms with E-state index in [4.69, 9.17) is 4.74 Å². The largest absolute Gasteiger partial charge is 0.458 e. The van der Waals surface area contributed by atoms with E-state index in [-0.39, 0.29) is 24.2 Å². The maximum Gasteiger partial charge on any atom is 0.434 e. The zero-order valence-corrected chi connectivity index (χ0v) is 20.0. The van der Waals surface area contributed by atoms with Gasteiger partial charge in [-0.2, -0.15) is 26.3 Å². The van der Waals surface area contributed by atoms with E-state index in [2.05, 4.69) is 4.74 Å². The summed E-state index contributed by atoms with van der Waals surface area (Å²) in [6.07, 6.45) is -14.8. The molecule has 0 heterocycles. The Hall–Kier alpha value is -1.48. The first kappa shape index (κ1) is 30.5. The Morgan fingerprint density at radius 1 is 0.812 bits per heavy atom. The van der Waals surface area contributed by atoms with Crippen molar-refractivity contribution >= 4 is 11.9 Å². The number of rotatable bonds is 11. The Morgan fingerprint density at radius 3 is 1.59 bits per heavy atom. The topological polar surface area (TPSA) is 52.6 Å². The summed E-state index contributed by atoms with van der Waals surface area (Å²) in [6.45, 7) is 13.9. The van der Waals surface area contributed by atoms with Gasteiger partial charge in [-0.1, -0.05) is 54.9 Å². The molecule has 0 aromatic heterocycles. The SMILES string of the molecule is CCC(C(=O)OC(C(F)(F)F)C(F)(F)F)C(C)(CC)OC(=O)C(CC(C)(C)CC)C(C)C. The first-order valence-electron chi connectivity index (χ1n) is 10.8. The van der Waals surface area contributed by atoms with Crippen LogP contribution in [0.5, 0.6) is 0 Å². The van der Waals surface area contributed by atoms with Crippen LogP contribution >= 0.6 is 0 Å². The first-order chi connectivity index (χ1) is 14.3. The molecule has 0 saturated heterocycles. The molecule has 32 heavy (non-hydrogen) atoms. The van der Waals surface area contributed by atoms with Crippen LogP contribution in [-0.2, 0) is 19.1 Å². The van der Waals surface area contributed by atoms with Crippen LogP contribution in [0.15, 0.2) is 0 Å². The first-order valence-corrected chi connectivity index (χ1v) is 10.8. The van der Waals surface area contributed by atoms with Crippen molar-refractivity contribution in [2.24, 2.45) is 23.2 Å².